The molecule has 0 aliphatic carbocycles. The van der Waals surface area contributed by atoms with Crippen LogP contribution >= 0.6 is 0 Å². The number of aromatic nitrogens is 5. The largest absolute Gasteiger partial charge is 0.418 e. The number of anilines is 1. The van der Waals surface area contributed by atoms with Gasteiger partial charge in [0.05, 0.1) is 23.5 Å². The third-order valence-corrected chi connectivity index (χ3v) is 4.69. The average molecular weight is 454 g/mol. The Morgan fingerprint density at radius 1 is 1.06 bits per heavy atom. The van der Waals surface area contributed by atoms with Gasteiger partial charge in [-0.1, -0.05) is 18.2 Å². The normalized spacial score (nSPS) is 11.4. The zero-order valence-corrected chi connectivity index (χ0v) is 17.2. The van der Waals surface area contributed by atoms with Gasteiger partial charge in [0, 0.05) is 30.2 Å². The number of halogens is 3. The molecule has 1 aromatic carbocycles. The van der Waals surface area contributed by atoms with Crippen molar-refractivity contribution in [3.05, 3.63) is 99.9 Å². The zero-order valence-electron chi connectivity index (χ0n) is 17.2. The van der Waals surface area contributed by atoms with Gasteiger partial charge in [-0.15, -0.1) is 0 Å². The van der Waals surface area contributed by atoms with Gasteiger partial charge in [-0.05, 0) is 31.2 Å². The van der Waals surface area contributed by atoms with Crippen molar-refractivity contribution in [3.8, 4) is 5.69 Å². The Kier molecular flexibility index (Phi) is 5.78. The van der Waals surface area contributed by atoms with E-state index in [9.17, 15) is 22.8 Å². The van der Waals surface area contributed by atoms with E-state index in [1.165, 1.54) is 31.2 Å². The molecule has 3 heterocycles. The number of carbonyl (C=O) groups is 1. The maximum Gasteiger partial charge on any atom is 0.418 e. The molecule has 1 N–H and O–H groups in total. The van der Waals surface area contributed by atoms with E-state index in [4.69, 9.17) is 0 Å². The number of alkyl halides is 3. The second-order valence-electron chi connectivity index (χ2n) is 7.10. The molecule has 0 saturated heterocycles. The van der Waals surface area contributed by atoms with E-state index in [1.807, 2.05) is 12.1 Å². The first-order valence-electron chi connectivity index (χ1n) is 9.74. The molecule has 0 aliphatic heterocycles. The van der Waals surface area contributed by atoms with Gasteiger partial charge in [0.2, 0.25) is 5.43 Å². The monoisotopic (exact) mass is 454 g/mol. The highest BCUT2D eigenvalue weighted by molar-refractivity contribution is 6.02. The molecule has 0 unspecified atom stereocenters. The Labute approximate surface area is 185 Å². The summed E-state index contributed by atoms with van der Waals surface area (Å²) >= 11 is 0. The highest BCUT2D eigenvalue weighted by Crippen LogP contribution is 2.33. The number of hydrogen-bond acceptors (Lipinski definition) is 5. The maximum absolute atomic E-state index is 13.5. The fourth-order valence-electron chi connectivity index (χ4n) is 3.20. The maximum atomic E-state index is 13.5. The number of nitrogens with zero attached hydrogens (tertiary/aromatic N) is 5. The predicted octanol–water partition coefficient (Wildman–Crippen LogP) is 3.45. The van der Waals surface area contributed by atoms with Crippen LogP contribution in [-0.4, -0.2) is 30.5 Å². The van der Waals surface area contributed by atoms with Crippen LogP contribution in [-0.2, 0) is 12.7 Å². The van der Waals surface area contributed by atoms with Crippen LogP contribution in [0.1, 0.15) is 27.4 Å². The first kappa shape index (κ1) is 21.9. The van der Waals surface area contributed by atoms with Crippen LogP contribution in [0.15, 0.2) is 71.8 Å². The molecule has 3 aromatic heterocycles. The minimum absolute atomic E-state index is 0.146. The second-order valence-corrected chi connectivity index (χ2v) is 7.10. The number of carbonyl (C=O) groups excluding carboxylic acids is 1. The molecule has 0 spiro atoms. The summed E-state index contributed by atoms with van der Waals surface area (Å²) in [5.74, 6) is -0.735. The molecule has 8 nitrogen and oxygen atoms in total. The van der Waals surface area contributed by atoms with Gasteiger partial charge in [0.15, 0.2) is 11.5 Å². The first-order valence-corrected chi connectivity index (χ1v) is 9.74. The minimum atomic E-state index is -4.64. The topological polar surface area (TPSA) is 94.7 Å². The average Bonchev–Trinajstić information content (AvgIpc) is 3.20. The van der Waals surface area contributed by atoms with Crippen molar-refractivity contribution in [2.75, 3.05) is 5.32 Å². The van der Waals surface area contributed by atoms with Gasteiger partial charge in [-0.3, -0.25) is 19.3 Å². The lowest BCUT2D eigenvalue weighted by Crippen LogP contribution is -2.27. The van der Waals surface area contributed by atoms with Crippen molar-refractivity contribution >= 4 is 11.7 Å². The van der Waals surface area contributed by atoms with Crippen molar-refractivity contribution in [3.63, 3.8) is 0 Å². The summed E-state index contributed by atoms with van der Waals surface area (Å²) in [4.78, 5) is 29.3. The molecule has 0 atom stereocenters. The molecular formula is C22H17F3N6O2. The summed E-state index contributed by atoms with van der Waals surface area (Å²) in [7, 11) is 0. The molecule has 0 aliphatic rings. The van der Waals surface area contributed by atoms with E-state index in [2.05, 4.69) is 20.5 Å². The number of rotatable bonds is 5. The highest BCUT2D eigenvalue weighted by Gasteiger charge is 2.34. The van der Waals surface area contributed by atoms with Gasteiger partial charge < -0.3 is 5.32 Å². The van der Waals surface area contributed by atoms with Crippen molar-refractivity contribution < 1.29 is 18.0 Å². The van der Waals surface area contributed by atoms with Crippen LogP contribution in [0.4, 0.5) is 19.0 Å². The molecule has 1 amide bonds. The van der Waals surface area contributed by atoms with E-state index in [-0.39, 0.29) is 17.2 Å². The van der Waals surface area contributed by atoms with Gasteiger partial charge in [-0.2, -0.15) is 23.4 Å². The second kappa shape index (κ2) is 8.69. The van der Waals surface area contributed by atoms with Crippen molar-refractivity contribution in [2.24, 2.45) is 0 Å². The summed E-state index contributed by atoms with van der Waals surface area (Å²) < 4.78 is 42.8. The minimum Gasteiger partial charge on any atom is -0.304 e. The molecule has 4 aromatic rings. The van der Waals surface area contributed by atoms with Crippen LogP contribution in [0.2, 0.25) is 0 Å². The Balaban J connectivity index is 1.62. The quantitative estimate of drug-likeness (QED) is 0.499. The summed E-state index contributed by atoms with van der Waals surface area (Å²) in [5, 5.41) is 10.6. The number of pyridine rings is 1. The smallest absolute Gasteiger partial charge is 0.304 e. The Hall–Kier alpha value is -4.28. The van der Waals surface area contributed by atoms with Gasteiger partial charge in [0.1, 0.15) is 0 Å². The van der Waals surface area contributed by atoms with Crippen molar-refractivity contribution in [2.45, 2.75) is 19.6 Å². The SMILES string of the molecule is Cc1cc(=O)c(C(=O)Nc2ccn(Cc3ccccn3)n2)nn1-c1ccccc1C(F)(F)F. The van der Waals surface area contributed by atoms with E-state index in [1.54, 1.807) is 23.1 Å². The molecule has 4 rings (SSSR count). The summed E-state index contributed by atoms with van der Waals surface area (Å²) in [6.07, 6.45) is -1.38. The third-order valence-electron chi connectivity index (χ3n) is 4.69. The van der Waals surface area contributed by atoms with Crippen LogP contribution < -0.4 is 10.7 Å². The fraction of sp³-hybridized carbons (Fsp3) is 0.136. The predicted molar refractivity (Wildman–Crippen MR) is 113 cm³/mol. The van der Waals surface area contributed by atoms with Crippen LogP contribution in [0.5, 0.6) is 0 Å². The molecule has 0 bridgehead atoms. The lowest BCUT2D eigenvalue weighted by molar-refractivity contribution is -0.137. The number of benzene rings is 1. The molecule has 33 heavy (non-hydrogen) atoms. The summed E-state index contributed by atoms with van der Waals surface area (Å²) in [6.45, 7) is 1.79. The summed E-state index contributed by atoms with van der Waals surface area (Å²) in [5.41, 5.74) is -1.62. The molecule has 11 heteroatoms. The lowest BCUT2D eigenvalue weighted by atomic mass is 10.1. The zero-order chi connectivity index (χ0) is 23.6. The van der Waals surface area contributed by atoms with E-state index in [0.29, 0.717) is 6.54 Å². The standard InChI is InChI=1S/C22H17F3N6O2/c1-14-12-18(32)20(29-31(14)17-8-3-2-7-16(17)22(23,24)25)21(33)27-19-9-11-30(28-19)13-15-6-4-5-10-26-15/h2-12H,13H2,1H3,(H,27,28,33). The Morgan fingerprint density at radius 2 is 1.82 bits per heavy atom. The first-order chi connectivity index (χ1) is 15.7. The van der Waals surface area contributed by atoms with E-state index < -0.39 is 28.8 Å². The molecule has 0 fully saturated rings. The lowest BCUT2D eigenvalue weighted by Gasteiger charge is -2.16. The molecule has 0 saturated carbocycles. The van der Waals surface area contributed by atoms with Gasteiger partial charge in [0.25, 0.3) is 5.91 Å². The summed E-state index contributed by atoms with van der Waals surface area (Å²) in [6, 6.07) is 12.8. The van der Waals surface area contributed by atoms with Gasteiger partial charge in [-0.25, -0.2) is 4.68 Å². The van der Waals surface area contributed by atoms with Crippen LogP contribution in [0, 0.1) is 6.92 Å². The van der Waals surface area contributed by atoms with Crippen molar-refractivity contribution in [1.29, 1.82) is 0 Å². The number of aryl methyl sites for hydroxylation is 1. The number of amides is 1. The number of hydrogen-bond donors (Lipinski definition) is 1. The van der Waals surface area contributed by atoms with Crippen LogP contribution in [0.25, 0.3) is 5.69 Å². The Morgan fingerprint density at radius 3 is 2.55 bits per heavy atom. The number of para-hydroxylation sites is 1. The third kappa shape index (κ3) is 4.81. The molecular weight excluding hydrogens is 437 g/mol. The Bertz CT molecular complexity index is 1360. The molecule has 168 valence electrons. The van der Waals surface area contributed by atoms with E-state index >= 15 is 0 Å². The van der Waals surface area contributed by atoms with Crippen LogP contribution in [0.3, 0.4) is 0 Å². The van der Waals surface area contributed by atoms with Gasteiger partial charge >= 0.3 is 6.18 Å². The van der Waals surface area contributed by atoms with Crippen molar-refractivity contribution in [1.82, 2.24) is 24.5 Å². The fourth-order valence-corrected chi connectivity index (χ4v) is 3.20. The van der Waals surface area contributed by atoms with E-state index in [0.717, 1.165) is 22.5 Å². The molecule has 0 radical (unpaired) electrons. The number of nitrogens with one attached hydrogen (secondary N) is 1. The highest BCUT2D eigenvalue weighted by atomic mass is 19.4.